The maximum Gasteiger partial charge on any atom is 0.319 e. The number of anilines is 1. The number of piperidine rings is 1. The Morgan fingerprint density at radius 2 is 1.94 bits per heavy atom. The van der Waals surface area contributed by atoms with Crippen molar-refractivity contribution in [2.45, 2.75) is 37.1 Å². The molecule has 0 radical (unpaired) electrons. The topological polar surface area (TPSA) is 104 Å². The lowest BCUT2D eigenvalue weighted by atomic mass is 9.96. The van der Waals surface area contributed by atoms with Crippen molar-refractivity contribution >= 4 is 46.3 Å². The van der Waals surface area contributed by atoms with Crippen LogP contribution in [0.5, 0.6) is 0 Å². The van der Waals surface area contributed by atoms with Gasteiger partial charge in [-0.05, 0) is 61.9 Å². The third-order valence-corrected chi connectivity index (χ3v) is 7.15. The van der Waals surface area contributed by atoms with Crippen LogP contribution in [0.25, 0.3) is 10.9 Å². The van der Waals surface area contributed by atoms with Crippen LogP contribution in [0.4, 0.5) is 10.5 Å². The van der Waals surface area contributed by atoms with Crippen LogP contribution < -0.4 is 10.6 Å². The lowest BCUT2D eigenvalue weighted by molar-refractivity contribution is -0.151. The molecule has 3 N–H and O–H groups in total. The molecule has 1 fully saturated rings. The lowest BCUT2D eigenvalue weighted by Gasteiger charge is -2.34. The van der Waals surface area contributed by atoms with Gasteiger partial charge in [0.05, 0.1) is 12.5 Å². The van der Waals surface area contributed by atoms with Gasteiger partial charge in [0.15, 0.2) is 0 Å². The molecule has 1 aliphatic rings. The predicted octanol–water partition coefficient (Wildman–Crippen LogP) is 4.42. The minimum atomic E-state index is -0.796. The first-order chi connectivity index (χ1) is 17.5. The summed E-state index contributed by atoms with van der Waals surface area (Å²) in [4.78, 5) is 44.9. The van der Waals surface area contributed by atoms with Crippen molar-refractivity contribution in [2.24, 2.45) is 5.92 Å². The summed E-state index contributed by atoms with van der Waals surface area (Å²) in [5, 5.41) is 6.72. The second-order valence-electron chi connectivity index (χ2n) is 8.82. The summed E-state index contributed by atoms with van der Waals surface area (Å²) in [5.74, 6) is -0.829. The van der Waals surface area contributed by atoms with Gasteiger partial charge in [0.25, 0.3) is 0 Å². The number of likely N-dealkylation sites (tertiary alicyclic amines) is 1. The molecule has 3 aromatic rings. The van der Waals surface area contributed by atoms with Gasteiger partial charge in [-0.2, -0.15) is 0 Å². The first kappa shape index (κ1) is 25.6. The van der Waals surface area contributed by atoms with Crippen LogP contribution in [0.3, 0.4) is 0 Å². The van der Waals surface area contributed by atoms with E-state index >= 15 is 0 Å². The fourth-order valence-corrected chi connectivity index (χ4v) is 4.98. The zero-order chi connectivity index (χ0) is 25.5. The summed E-state index contributed by atoms with van der Waals surface area (Å²) < 4.78 is 5.19. The molecule has 0 aliphatic carbocycles. The number of carbonyl (C=O) groups excluding carboxylic acids is 3. The average molecular weight is 509 g/mol. The number of aromatic amines is 1. The van der Waals surface area contributed by atoms with Crippen LogP contribution in [0, 0.1) is 5.92 Å². The molecule has 0 unspecified atom stereocenters. The number of nitrogens with one attached hydrogen (secondary N) is 3. The Labute approximate surface area is 215 Å². The van der Waals surface area contributed by atoms with Gasteiger partial charge in [0.1, 0.15) is 6.04 Å². The van der Waals surface area contributed by atoms with E-state index in [1.165, 1.54) is 0 Å². The third-order valence-electron chi connectivity index (χ3n) is 6.40. The van der Waals surface area contributed by atoms with Crippen molar-refractivity contribution < 1.29 is 19.1 Å². The number of rotatable bonds is 8. The molecule has 2 aromatic carbocycles. The summed E-state index contributed by atoms with van der Waals surface area (Å²) in [6, 6.07) is 14.1. The smallest absolute Gasteiger partial charge is 0.319 e. The number of esters is 1. The van der Waals surface area contributed by atoms with Crippen molar-refractivity contribution in [2.75, 3.05) is 31.3 Å². The van der Waals surface area contributed by atoms with Crippen molar-refractivity contribution in [3.05, 3.63) is 60.3 Å². The van der Waals surface area contributed by atoms with E-state index in [0.717, 1.165) is 21.4 Å². The Balaban J connectivity index is 1.52. The van der Waals surface area contributed by atoms with E-state index in [1.54, 1.807) is 23.6 Å². The fraction of sp³-hybridized carbons (Fsp3) is 0.370. The number of hydrogen-bond donors (Lipinski definition) is 3. The van der Waals surface area contributed by atoms with E-state index in [-0.39, 0.29) is 17.8 Å². The number of aromatic nitrogens is 1. The van der Waals surface area contributed by atoms with Crippen molar-refractivity contribution in [1.29, 1.82) is 0 Å². The Morgan fingerprint density at radius 1 is 1.17 bits per heavy atom. The normalized spacial score (nSPS) is 16.4. The molecule has 0 saturated carbocycles. The van der Waals surface area contributed by atoms with Crippen LogP contribution in [-0.4, -0.2) is 59.8 Å². The number of carbonyl (C=O) groups is 3. The summed E-state index contributed by atoms with van der Waals surface area (Å²) in [6.45, 7) is 2.92. The number of nitrogens with zero attached hydrogens (tertiary/aromatic N) is 1. The number of para-hydroxylation sites is 1. The maximum atomic E-state index is 13.7. The fourth-order valence-electron chi connectivity index (χ4n) is 4.57. The van der Waals surface area contributed by atoms with Crippen LogP contribution in [0.1, 0.15) is 25.3 Å². The molecule has 2 heterocycles. The Bertz CT molecular complexity index is 1210. The minimum absolute atomic E-state index is 0.206. The summed E-state index contributed by atoms with van der Waals surface area (Å²) >= 11 is 1.62. The highest BCUT2D eigenvalue weighted by molar-refractivity contribution is 7.98. The Kier molecular flexibility index (Phi) is 8.53. The first-order valence-corrected chi connectivity index (χ1v) is 13.4. The van der Waals surface area contributed by atoms with Crippen molar-refractivity contribution in [3.8, 4) is 0 Å². The van der Waals surface area contributed by atoms with Crippen molar-refractivity contribution in [3.63, 3.8) is 0 Å². The van der Waals surface area contributed by atoms with Gasteiger partial charge >= 0.3 is 12.0 Å². The Morgan fingerprint density at radius 3 is 2.69 bits per heavy atom. The van der Waals surface area contributed by atoms with Crippen LogP contribution in [0.15, 0.2) is 59.6 Å². The van der Waals surface area contributed by atoms with E-state index in [2.05, 4.69) is 15.6 Å². The number of benzene rings is 2. The number of thioether (sulfide) groups is 1. The molecule has 1 saturated heterocycles. The third kappa shape index (κ3) is 6.20. The molecule has 3 amide bonds. The van der Waals surface area contributed by atoms with Crippen molar-refractivity contribution in [1.82, 2.24) is 15.2 Å². The summed E-state index contributed by atoms with van der Waals surface area (Å²) in [5.41, 5.74) is 2.55. The highest BCUT2D eigenvalue weighted by atomic mass is 32.2. The Hall–Kier alpha value is -3.46. The predicted molar refractivity (Wildman–Crippen MR) is 142 cm³/mol. The van der Waals surface area contributed by atoms with Crippen LogP contribution in [0.2, 0.25) is 0 Å². The maximum absolute atomic E-state index is 13.7. The highest BCUT2D eigenvalue weighted by Gasteiger charge is 2.33. The monoisotopic (exact) mass is 508 g/mol. The lowest BCUT2D eigenvalue weighted by Crippen LogP contribution is -2.53. The van der Waals surface area contributed by atoms with Gasteiger partial charge in [0.2, 0.25) is 5.91 Å². The summed E-state index contributed by atoms with van der Waals surface area (Å²) in [6.07, 6.45) is 5.59. The SMILES string of the molecule is CCOC(=O)[C@H]1CCCN(C(=O)[C@@H](Cc2c[nH]c3ccccc23)NC(=O)Nc2ccc(SC)cc2)C1. The van der Waals surface area contributed by atoms with Crippen LogP contribution in [-0.2, 0) is 20.7 Å². The molecule has 9 heteroatoms. The standard InChI is InChI=1S/C27H32N4O4S/c1-3-35-26(33)18-7-6-14-31(17-18)25(32)24(15-19-16-28-23-9-5-4-8-22(19)23)30-27(34)29-20-10-12-21(36-2)13-11-20/h4-5,8-13,16,18,24,28H,3,6-7,14-15,17H2,1-2H3,(H2,29,30,34)/t18-,24+/m0/s1. The van der Waals surface area contributed by atoms with Gasteiger partial charge in [-0.3, -0.25) is 9.59 Å². The molecular formula is C27H32N4O4S. The number of hydrogen-bond acceptors (Lipinski definition) is 5. The molecule has 1 aromatic heterocycles. The number of fused-ring (bicyclic) bond motifs is 1. The minimum Gasteiger partial charge on any atom is -0.466 e. The first-order valence-electron chi connectivity index (χ1n) is 12.2. The zero-order valence-electron chi connectivity index (χ0n) is 20.6. The van der Waals surface area contributed by atoms with E-state index < -0.39 is 12.1 Å². The van der Waals surface area contributed by atoms with Gasteiger partial charge in [-0.1, -0.05) is 18.2 Å². The molecule has 1 aliphatic heterocycles. The molecule has 8 nitrogen and oxygen atoms in total. The number of urea groups is 1. The average Bonchev–Trinajstić information content (AvgIpc) is 3.31. The van der Waals surface area contributed by atoms with Crippen LogP contribution >= 0.6 is 11.8 Å². The van der Waals surface area contributed by atoms with E-state index in [4.69, 9.17) is 4.74 Å². The van der Waals surface area contributed by atoms with Gasteiger partial charge < -0.3 is 25.3 Å². The molecule has 2 atom stereocenters. The highest BCUT2D eigenvalue weighted by Crippen LogP contribution is 2.23. The van der Waals surface area contributed by atoms with E-state index in [0.29, 0.717) is 44.6 Å². The molecule has 0 bridgehead atoms. The number of ether oxygens (including phenoxy) is 1. The summed E-state index contributed by atoms with van der Waals surface area (Å²) in [7, 11) is 0. The van der Waals surface area contributed by atoms with E-state index in [1.807, 2.05) is 61.0 Å². The largest absolute Gasteiger partial charge is 0.466 e. The zero-order valence-corrected chi connectivity index (χ0v) is 21.4. The van der Waals surface area contributed by atoms with Gasteiger partial charge in [0, 0.05) is 47.2 Å². The number of H-pyrrole nitrogens is 1. The molecule has 36 heavy (non-hydrogen) atoms. The number of amides is 3. The molecule has 4 rings (SSSR count). The van der Waals surface area contributed by atoms with Gasteiger partial charge in [-0.25, -0.2) is 4.79 Å². The van der Waals surface area contributed by atoms with E-state index in [9.17, 15) is 14.4 Å². The second-order valence-corrected chi connectivity index (χ2v) is 9.70. The van der Waals surface area contributed by atoms with Gasteiger partial charge in [-0.15, -0.1) is 11.8 Å². The molecular weight excluding hydrogens is 476 g/mol. The second kappa shape index (κ2) is 12.0. The molecule has 190 valence electrons. The quantitative estimate of drug-likeness (QED) is 0.309. The molecule has 0 spiro atoms.